The average Bonchev–Trinajstić information content (AvgIpc) is 2.36. The summed E-state index contributed by atoms with van der Waals surface area (Å²) in [6.45, 7) is 7.44. The zero-order valence-corrected chi connectivity index (χ0v) is 10.2. The number of nitriles is 1. The van der Waals surface area contributed by atoms with Gasteiger partial charge in [0.1, 0.15) is 0 Å². The fourth-order valence-electron chi connectivity index (χ4n) is 1.90. The Balaban J connectivity index is 2.40. The molecule has 0 spiro atoms. The summed E-state index contributed by atoms with van der Waals surface area (Å²) in [5, 5.41) is 12.4. The normalized spacial score (nSPS) is 20.5. The Morgan fingerprint density at radius 2 is 2.12 bits per heavy atom. The van der Waals surface area contributed by atoms with Crippen LogP contribution in [0.4, 0.5) is 0 Å². The Bertz CT molecular complexity index is 284. The number of dihydropyridines is 1. The molecule has 0 aromatic carbocycles. The first-order chi connectivity index (χ1) is 7.81. The van der Waals surface area contributed by atoms with E-state index in [0.29, 0.717) is 0 Å². The van der Waals surface area contributed by atoms with E-state index in [1.807, 2.05) is 18.4 Å². The minimum Gasteiger partial charge on any atom is -0.383 e. The van der Waals surface area contributed by atoms with Gasteiger partial charge in [0.25, 0.3) is 0 Å². The number of rotatable bonds is 6. The van der Waals surface area contributed by atoms with E-state index in [1.165, 1.54) is 0 Å². The summed E-state index contributed by atoms with van der Waals surface area (Å²) >= 11 is 0. The van der Waals surface area contributed by atoms with Gasteiger partial charge in [-0.25, -0.2) is 0 Å². The van der Waals surface area contributed by atoms with E-state index in [0.717, 1.165) is 26.1 Å². The lowest BCUT2D eigenvalue weighted by Gasteiger charge is -2.24. The minimum atomic E-state index is 0.0572. The molecule has 0 aromatic rings. The number of hydrogen-bond donors (Lipinski definition) is 1. The van der Waals surface area contributed by atoms with Crippen LogP contribution >= 0.6 is 0 Å². The van der Waals surface area contributed by atoms with Gasteiger partial charge in [0.05, 0.1) is 18.0 Å². The molecule has 0 radical (unpaired) electrons. The topological polar surface area (TPSA) is 39.1 Å². The monoisotopic (exact) mass is 219 g/mol. The van der Waals surface area contributed by atoms with Crippen LogP contribution in [-0.2, 0) is 0 Å². The highest BCUT2D eigenvalue weighted by Crippen LogP contribution is 2.12. The standard InChI is InChI=1S/C13H21N3/c1-3-16(4-2)10-8-12(11-14)13-7-5-6-9-15-13/h5-7,9,12-13,15H,3-4,8,10H2,1-2H3. The van der Waals surface area contributed by atoms with Crippen LogP contribution in [-0.4, -0.2) is 30.6 Å². The van der Waals surface area contributed by atoms with Crippen LogP contribution in [0.3, 0.4) is 0 Å². The molecule has 2 unspecified atom stereocenters. The quantitative estimate of drug-likeness (QED) is 0.741. The first kappa shape index (κ1) is 12.8. The van der Waals surface area contributed by atoms with Crippen LogP contribution in [0.15, 0.2) is 24.4 Å². The third-order valence-electron chi connectivity index (χ3n) is 3.06. The number of hydrogen-bond acceptors (Lipinski definition) is 3. The van der Waals surface area contributed by atoms with Crippen molar-refractivity contribution >= 4 is 0 Å². The highest BCUT2D eigenvalue weighted by molar-refractivity contribution is 5.15. The fraction of sp³-hybridized carbons (Fsp3) is 0.615. The molecular formula is C13H21N3. The second-order valence-corrected chi connectivity index (χ2v) is 3.99. The molecule has 1 N–H and O–H groups in total. The zero-order valence-electron chi connectivity index (χ0n) is 10.2. The van der Waals surface area contributed by atoms with Crippen molar-refractivity contribution in [2.75, 3.05) is 19.6 Å². The Hall–Kier alpha value is -1.27. The molecule has 1 rings (SSSR count). The zero-order chi connectivity index (χ0) is 11.8. The van der Waals surface area contributed by atoms with Crippen molar-refractivity contribution in [1.29, 1.82) is 5.26 Å². The van der Waals surface area contributed by atoms with Gasteiger partial charge in [0.2, 0.25) is 0 Å². The number of allylic oxidation sites excluding steroid dienone is 2. The van der Waals surface area contributed by atoms with Crippen LogP contribution in [0.25, 0.3) is 0 Å². The predicted octanol–water partition coefficient (Wildman–Crippen LogP) is 1.90. The molecule has 3 nitrogen and oxygen atoms in total. The predicted molar refractivity (Wildman–Crippen MR) is 66.7 cm³/mol. The van der Waals surface area contributed by atoms with Crippen molar-refractivity contribution < 1.29 is 0 Å². The van der Waals surface area contributed by atoms with Gasteiger partial charge in [-0.05, 0) is 38.3 Å². The first-order valence-electron chi connectivity index (χ1n) is 6.03. The molecule has 0 fully saturated rings. The highest BCUT2D eigenvalue weighted by Gasteiger charge is 2.18. The Morgan fingerprint density at radius 3 is 2.62 bits per heavy atom. The summed E-state index contributed by atoms with van der Waals surface area (Å²) in [4.78, 5) is 2.35. The molecular weight excluding hydrogens is 198 g/mol. The first-order valence-corrected chi connectivity index (χ1v) is 6.03. The maximum absolute atomic E-state index is 9.17. The molecule has 2 atom stereocenters. The van der Waals surface area contributed by atoms with Crippen molar-refractivity contribution in [3.63, 3.8) is 0 Å². The van der Waals surface area contributed by atoms with Crippen LogP contribution in [0, 0.1) is 17.2 Å². The molecule has 0 saturated carbocycles. The molecule has 88 valence electrons. The van der Waals surface area contributed by atoms with Crippen molar-refractivity contribution in [3.8, 4) is 6.07 Å². The average molecular weight is 219 g/mol. The largest absolute Gasteiger partial charge is 0.383 e. The van der Waals surface area contributed by atoms with Crippen molar-refractivity contribution in [2.45, 2.75) is 26.3 Å². The molecule has 1 heterocycles. The fourth-order valence-corrected chi connectivity index (χ4v) is 1.90. The van der Waals surface area contributed by atoms with Crippen molar-refractivity contribution in [1.82, 2.24) is 10.2 Å². The number of nitrogens with one attached hydrogen (secondary N) is 1. The lowest BCUT2D eigenvalue weighted by atomic mass is 9.96. The van der Waals surface area contributed by atoms with Crippen LogP contribution < -0.4 is 5.32 Å². The summed E-state index contributed by atoms with van der Waals surface area (Å²) < 4.78 is 0. The maximum Gasteiger partial charge on any atom is 0.0712 e. The Labute approximate surface area is 98.4 Å². The van der Waals surface area contributed by atoms with Crippen LogP contribution in [0.1, 0.15) is 20.3 Å². The Kier molecular flexibility index (Phi) is 5.66. The summed E-state index contributed by atoms with van der Waals surface area (Å²) in [5.74, 6) is 0.0572. The van der Waals surface area contributed by atoms with Gasteiger partial charge >= 0.3 is 0 Å². The second kappa shape index (κ2) is 7.08. The molecule has 0 amide bonds. The molecule has 1 aliphatic rings. The minimum absolute atomic E-state index is 0.0572. The Morgan fingerprint density at radius 1 is 1.38 bits per heavy atom. The summed E-state index contributed by atoms with van der Waals surface area (Å²) in [7, 11) is 0. The van der Waals surface area contributed by atoms with Gasteiger partial charge < -0.3 is 10.2 Å². The van der Waals surface area contributed by atoms with Crippen molar-refractivity contribution in [2.24, 2.45) is 5.92 Å². The molecule has 0 saturated heterocycles. The summed E-state index contributed by atoms with van der Waals surface area (Å²) in [6.07, 6.45) is 8.86. The molecule has 0 aliphatic carbocycles. The van der Waals surface area contributed by atoms with Crippen molar-refractivity contribution in [3.05, 3.63) is 24.4 Å². The lowest BCUT2D eigenvalue weighted by Crippen LogP contribution is -2.34. The van der Waals surface area contributed by atoms with Gasteiger partial charge in [0, 0.05) is 0 Å². The smallest absolute Gasteiger partial charge is 0.0712 e. The van der Waals surface area contributed by atoms with E-state index in [4.69, 9.17) is 0 Å². The van der Waals surface area contributed by atoms with E-state index in [1.54, 1.807) is 0 Å². The molecule has 16 heavy (non-hydrogen) atoms. The molecule has 0 bridgehead atoms. The van der Waals surface area contributed by atoms with E-state index < -0.39 is 0 Å². The molecule has 0 aromatic heterocycles. The lowest BCUT2D eigenvalue weighted by molar-refractivity contribution is 0.280. The highest BCUT2D eigenvalue weighted by atomic mass is 15.1. The SMILES string of the molecule is CCN(CC)CCC(C#N)C1C=CC=CN1. The van der Waals surface area contributed by atoms with E-state index >= 15 is 0 Å². The summed E-state index contributed by atoms with van der Waals surface area (Å²) in [6, 6.07) is 2.57. The molecule has 1 aliphatic heterocycles. The van der Waals surface area contributed by atoms with E-state index in [2.05, 4.69) is 36.2 Å². The third kappa shape index (κ3) is 3.71. The third-order valence-corrected chi connectivity index (χ3v) is 3.06. The van der Waals surface area contributed by atoms with Gasteiger partial charge in [-0.3, -0.25) is 0 Å². The van der Waals surface area contributed by atoms with E-state index in [-0.39, 0.29) is 12.0 Å². The second-order valence-electron chi connectivity index (χ2n) is 3.99. The van der Waals surface area contributed by atoms with Gasteiger partial charge in [0.15, 0.2) is 0 Å². The van der Waals surface area contributed by atoms with Crippen LogP contribution in [0.2, 0.25) is 0 Å². The molecule has 3 heteroatoms. The van der Waals surface area contributed by atoms with E-state index in [9.17, 15) is 5.26 Å². The van der Waals surface area contributed by atoms with Crippen LogP contribution in [0.5, 0.6) is 0 Å². The summed E-state index contributed by atoms with van der Waals surface area (Å²) in [5.41, 5.74) is 0. The van der Waals surface area contributed by atoms with Gasteiger partial charge in [-0.1, -0.05) is 26.0 Å². The number of nitrogens with zero attached hydrogens (tertiary/aromatic N) is 2. The van der Waals surface area contributed by atoms with Gasteiger partial charge in [-0.15, -0.1) is 0 Å². The maximum atomic E-state index is 9.17. The van der Waals surface area contributed by atoms with Gasteiger partial charge in [-0.2, -0.15) is 5.26 Å².